The highest BCUT2D eigenvalue weighted by molar-refractivity contribution is 6.14. The zero-order valence-corrected chi connectivity index (χ0v) is 15.8. The van der Waals surface area contributed by atoms with E-state index in [0.717, 1.165) is 47.0 Å². The molecule has 1 aliphatic carbocycles. The summed E-state index contributed by atoms with van der Waals surface area (Å²) in [7, 11) is 0. The summed E-state index contributed by atoms with van der Waals surface area (Å²) in [5, 5.41) is 3.74. The van der Waals surface area contributed by atoms with Crippen molar-refractivity contribution in [2.45, 2.75) is 51.5 Å². The molecule has 1 saturated carbocycles. The highest BCUT2D eigenvalue weighted by Crippen LogP contribution is 2.38. The summed E-state index contributed by atoms with van der Waals surface area (Å²) in [6.45, 7) is 3.85. The molecule has 1 aromatic heterocycles. The monoisotopic (exact) mass is 367 g/mol. The summed E-state index contributed by atoms with van der Waals surface area (Å²) in [5.41, 5.74) is 1.78. The lowest BCUT2D eigenvalue weighted by atomic mass is 9.73. The van der Waals surface area contributed by atoms with Crippen LogP contribution >= 0.6 is 0 Å². The van der Waals surface area contributed by atoms with Crippen LogP contribution in [0, 0.1) is 5.92 Å². The van der Waals surface area contributed by atoms with Crippen molar-refractivity contribution < 1.29 is 14.4 Å². The molecular formula is C21H25N3O3. The molecular weight excluding hydrogens is 342 g/mol. The predicted molar refractivity (Wildman–Crippen MR) is 103 cm³/mol. The van der Waals surface area contributed by atoms with Gasteiger partial charge in [-0.05, 0) is 30.7 Å². The third kappa shape index (κ3) is 2.66. The molecule has 142 valence electrons. The zero-order valence-electron chi connectivity index (χ0n) is 15.8. The van der Waals surface area contributed by atoms with Crippen LogP contribution in [0.1, 0.15) is 55.5 Å². The molecule has 1 spiro atoms. The number of ketones is 1. The number of fused-ring (bicyclic) bond motifs is 1. The number of aromatic amines is 1. The number of aryl methyl sites for hydroxylation is 1. The molecule has 2 unspecified atom stereocenters. The van der Waals surface area contributed by atoms with Crippen LogP contribution in [-0.4, -0.2) is 39.7 Å². The van der Waals surface area contributed by atoms with Crippen LogP contribution in [-0.2, 0) is 11.2 Å². The number of benzene rings is 1. The minimum absolute atomic E-state index is 0.0861. The van der Waals surface area contributed by atoms with Crippen molar-refractivity contribution in [1.82, 2.24) is 15.2 Å². The van der Waals surface area contributed by atoms with Gasteiger partial charge in [-0.15, -0.1) is 0 Å². The van der Waals surface area contributed by atoms with Crippen LogP contribution in [0.5, 0.6) is 0 Å². The van der Waals surface area contributed by atoms with Gasteiger partial charge in [0.25, 0.3) is 5.91 Å². The van der Waals surface area contributed by atoms with Gasteiger partial charge in [0, 0.05) is 22.7 Å². The summed E-state index contributed by atoms with van der Waals surface area (Å²) in [4.78, 5) is 42.8. The smallest absolute Gasteiger partial charge is 0.325 e. The number of Topliss-reactive ketones (excluding diaryl/α,β-unsaturated/α-hetero) is 1. The van der Waals surface area contributed by atoms with Gasteiger partial charge in [-0.2, -0.15) is 0 Å². The third-order valence-corrected chi connectivity index (χ3v) is 6.29. The van der Waals surface area contributed by atoms with Crippen molar-refractivity contribution >= 4 is 28.6 Å². The van der Waals surface area contributed by atoms with E-state index in [2.05, 4.69) is 17.2 Å². The fourth-order valence-electron chi connectivity index (χ4n) is 4.61. The van der Waals surface area contributed by atoms with Crippen molar-refractivity contribution in [3.05, 3.63) is 35.5 Å². The first kappa shape index (κ1) is 17.8. The van der Waals surface area contributed by atoms with Crippen LogP contribution < -0.4 is 5.32 Å². The lowest BCUT2D eigenvalue weighted by molar-refractivity contribution is -0.133. The first-order chi connectivity index (χ1) is 13.0. The number of urea groups is 1. The fraction of sp³-hybridized carbons (Fsp3) is 0.476. The highest BCUT2D eigenvalue weighted by Gasteiger charge is 2.55. The van der Waals surface area contributed by atoms with Gasteiger partial charge in [0.1, 0.15) is 5.54 Å². The second kappa shape index (κ2) is 6.51. The Balaban J connectivity index is 1.60. The van der Waals surface area contributed by atoms with Gasteiger partial charge in [-0.3, -0.25) is 14.5 Å². The standard InChI is InChI=1S/C21H25N3O3/c1-3-14-8-6-9-15-16(11-22-18(14)15)17(25)12-24-19(26)21(23-20(24)27)10-5-4-7-13(21)2/h6,8-9,11,13,22H,3-5,7,10,12H2,1-2H3,(H,23,27). The summed E-state index contributed by atoms with van der Waals surface area (Å²) in [6.07, 6.45) is 6.09. The maximum Gasteiger partial charge on any atom is 0.325 e. The van der Waals surface area contributed by atoms with E-state index in [1.54, 1.807) is 6.20 Å². The first-order valence-corrected chi connectivity index (χ1v) is 9.74. The largest absolute Gasteiger partial charge is 0.360 e. The second-order valence-corrected chi connectivity index (χ2v) is 7.76. The topological polar surface area (TPSA) is 82.3 Å². The van der Waals surface area contributed by atoms with E-state index in [9.17, 15) is 14.4 Å². The summed E-state index contributed by atoms with van der Waals surface area (Å²) in [5.74, 6) is -0.386. The molecule has 6 heteroatoms. The molecule has 1 aliphatic heterocycles. The predicted octanol–water partition coefficient (Wildman–Crippen LogP) is 3.41. The Bertz CT molecular complexity index is 932. The SMILES string of the molecule is CCc1cccc2c(C(=O)CN3C(=O)NC4(CCCCC4C)C3=O)c[nH]c12. The van der Waals surface area contributed by atoms with Gasteiger partial charge in [0.2, 0.25) is 0 Å². The van der Waals surface area contributed by atoms with Crippen LogP contribution in [0.25, 0.3) is 10.9 Å². The average Bonchev–Trinajstić information content (AvgIpc) is 3.20. The normalized spacial score (nSPS) is 25.4. The maximum absolute atomic E-state index is 13.1. The number of carbonyl (C=O) groups excluding carboxylic acids is 3. The number of carbonyl (C=O) groups is 3. The van der Waals surface area contributed by atoms with Crippen molar-refractivity contribution in [2.75, 3.05) is 6.54 Å². The van der Waals surface area contributed by atoms with Gasteiger partial charge in [-0.25, -0.2) is 4.79 Å². The molecule has 27 heavy (non-hydrogen) atoms. The fourth-order valence-corrected chi connectivity index (χ4v) is 4.61. The molecule has 0 radical (unpaired) electrons. The summed E-state index contributed by atoms with van der Waals surface area (Å²) >= 11 is 0. The number of H-pyrrole nitrogens is 1. The van der Waals surface area contributed by atoms with E-state index < -0.39 is 11.6 Å². The molecule has 2 aliphatic rings. The minimum Gasteiger partial charge on any atom is -0.360 e. The minimum atomic E-state index is -0.828. The Morgan fingerprint density at radius 1 is 1.30 bits per heavy atom. The molecule has 1 saturated heterocycles. The zero-order chi connectivity index (χ0) is 19.2. The van der Waals surface area contributed by atoms with E-state index in [-0.39, 0.29) is 24.2 Å². The van der Waals surface area contributed by atoms with E-state index in [1.165, 1.54) is 0 Å². The number of nitrogens with zero attached hydrogens (tertiary/aromatic N) is 1. The lowest BCUT2D eigenvalue weighted by Gasteiger charge is -2.36. The number of para-hydroxylation sites is 1. The Hall–Kier alpha value is -2.63. The lowest BCUT2D eigenvalue weighted by Crippen LogP contribution is -2.54. The summed E-state index contributed by atoms with van der Waals surface area (Å²) in [6, 6.07) is 5.40. The van der Waals surface area contributed by atoms with Crippen molar-refractivity contribution in [2.24, 2.45) is 5.92 Å². The second-order valence-electron chi connectivity index (χ2n) is 7.76. The highest BCUT2D eigenvalue weighted by atomic mass is 16.2. The van der Waals surface area contributed by atoms with Gasteiger partial charge in [0.05, 0.1) is 6.54 Å². The third-order valence-electron chi connectivity index (χ3n) is 6.29. The van der Waals surface area contributed by atoms with Gasteiger partial charge >= 0.3 is 6.03 Å². The number of imide groups is 1. The quantitative estimate of drug-likeness (QED) is 0.642. The first-order valence-electron chi connectivity index (χ1n) is 9.74. The van der Waals surface area contributed by atoms with Crippen LogP contribution in [0.15, 0.2) is 24.4 Å². The molecule has 6 nitrogen and oxygen atoms in total. The number of hydrogen-bond donors (Lipinski definition) is 2. The molecule has 4 rings (SSSR count). The summed E-state index contributed by atoms with van der Waals surface area (Å²) < 4.78 is 0. The van der Waals surface area contributed by atoms with E-state index in [4.69, 9.17) is 0 Å². The number of aromatic nitrogens is 1. The average molecular weight is 367 g/mol. The van der Waals surface area contributed by atoms with E-state index in [1.807, 2.05) is 25.1 Å². The number of nitrogens with one attached hydrogen (secondary N) is 2. The maximum atomic E-state index is 13.1. The Labute approximate surface area is 158 Å². The molecule has 2 N–H and O–H groups in total. The Morgan fingerprint density at radius 2 is 2.11 bits per heavy atom. The van der Waals surface area contributed by atoms with Gasteiger partial charge < -0.3 is 10.3 Å². The molecule has 3 amide bonds. The molecule has 2 heterocycles. The molecule has 0 bridgehead atoms. The van der Waals surface area contributed by atoms with Gasteiger partial charge in [0.15, 0.2) is 5.78 Å². The van der Waals surface area contributed by atoms with Crippen LogP contribution in [0.4, 0.5) is 4.79 Å². The number of hydrogen-bond acceptors (Lipinski definition) is 3. The van der Waals surface area contributed by atoms with Crippen molar-refractivity contribution in [3.8, 4) is 0 Å². The van der Waals surface area contributed by atoms with Crippen molar-refractivity contribution in [3.63, 3.8) is 0 Å². The van der Waals surface area contributed by atoms with Crippen molar-refractivity contribution in [1.29, 1.82) is 0 Å². The molecule has 2 fully saturated rings. The van der Waals surface area contributed by atoms with E-state index >= 15 is 0 Å². The van der Waals surface area contributed by atoms with Crippen LogP contribution in [0.2, 0.25) is 0 Å². The molecule has 1 aromatic carbocycles. The Morgan fingerprint density at radius 3 is 2.85 bits per heavy atom. The number of rotatable bonds is 4. The van der Waals surface area contributed by atoms with Gasteiger partial charge in [-0.1, -0.05) is 44.9 Å². The van der Waals surface area contributed by atoms with E-state index in [0.29, 0.717) is 12.0 Å². The number of amides is 3. The van der Waals surface area contributed by atoms with Crippen LogP contribution in [0.3, 0.4) is 0 Å². The molecule has 2 atom stereocenters. The Kier molecular flexibility index (Phi) is 4.29. The molecule has 2 aromatic rings.